The molecule has 0 radical (unpaired) electrons. The third kappa shape index (κ3) is 4.81. The van der Waals surface area contributed by atoms with Crippen LogP contribution in [0.1, 0.15) is 18.2 Å². The van der Waals surface area contributed by atoms with Gasteiger partial charge >= 0.3 is 6.18 Å². The first-order valence-corrected chi connectivity index (χ1v) is 9.11. The van der Waals surface area contributed by atoms with Crippen molar-refractivity contribution in [2.75, 3.05) is 42.9 Å². The second-order valence-corrected chi connectivity index (χ2v) is 6.84. The molecule has 1 saturated heterocycles. The lowest BCUT2D eigenvalue weighted by molar-refractivity contribution is -0.137. The van der Waals surface area contributed by atoms with Crippen molar-refractivity contribution in [2.24, 2.45) is 0 Å². The fourth-order valence-electron chi connectivity index (χ4n) is 2.96. The van der Waals surface area contributed by atoms with Crippen LogP contribution in [0.5, 0.6) is 0 Å². The van der Waals surface area contributed by atoms with E-state index in [4.69, 9.17) is 11.6 Å². The molecule has 2 heterocycles. The average Bonchev–Trinajstić information content (AvgIpc) is 2.62. The summed E-state index contributed by atoms with van der Waals surface area (Å²) in [5.74, 6) is 0.980. The molecule has 5 nitrogen and oxygen atoms in total. The van der Waals surface area contributed by atoms with Gasteiger partial charge in [0.05, 0.1) is 16.3 Å². The van der Waals surface area contributed by atoms with Crippen LogP contribution in [0.2, 0.25) is 5.02 Å². The Bertz CT molecular complexity index is 804. The number of likely N-dealkylation sites (N-methyl/N-ethyl adjacent to an activating group) is 1. The molecule has 0 spiro atoms. The fraction of sp³-hybridized carbons (Fsp3) is 0.444. The molecule has 146 valence electrons. The minimum Gasteiger partial charge on any atom is -0.339 e. The van der Waals surface area contributed by atoms with Gasteiger partial charge in [0.1, 0.15) is 5.82 Å². The van der Waals surface area contributed by atoms with E-state index in [1.165, 1.54) is 6.07 Å². The highest BCUT2D eigenvalue weighted by atomic mass is 35.5. The molecular formula is C18H21ClF3N5. The molecule has 0 amide bonds. The molecule has 0 unspecified atom stereocenters. The van der Waals surface area contributed by atoms with Crippen molar-refractivity contribution in [3.8, 4) is 0 Å². The Morgan fingerprint density at radius 3 is 2.44 bits per heavy atom. The molecule has 1 aliphatic heterocycles. The SMILES string of the molecule is CCN1CCN(c2nc(C)cc(Nc3cc(C(F)(F)F)ccc3Cl)n2)CC1. The molecule has 0 atom stereocenters. The normalized spacial score (nSPS) is 15.9. The average molecular weight is 400 g/mol. The Morgan fingerprint density at radius 1 is 1.11 bits per heavy atom. The van der Waals surface area contributed by atoms with Crippen LogP contribution in [0.25, 0.3) is 0 Å². The van der Waals surface area contributed by atoms with Gasteiger partial charge in [-0.1, -0.05) is 18.5 Å². The highest BCUT2D eigenvalue weighted by Gasteiger charge is 2.31. The molecule has 1 aliphatic rings. The van der Waals surface area contributed by atoms with Crippen LogP contribution in [0.4, 0.5) is 30.6 Å². The highest BCUT2D eigenvalue weighted by molar-refractivity contribution is 6.33. The highest BCUT2D eigenvalue weighted by Crippen LogP contribution is 2.35. The summed E-state index contributed by atoms with van der Waals surface area (Å²) in [6.45, 7) is 8.42. The van der Waals surface area contributed by atoms with E-state index in [2.05, 4.69) is 32.0 Å². The maximum atomic E-state index is 13.0. The molecule has 1 aromatic carbocycles. The Labute approximate surface area is 161 Å². The van der Waals surface area contributed by atoms with Crippen LogP contribution < -0.4 is 10.2 Å². The number of aromatic nitrogens is 2. The van der Waals surface area contributed by atoms with Crippen LogP contribution >= 0.6 is 11.6 Å². The second kappa shape index (κ2) is 7.90. The number of anilines is 3. The van der Waals surface area contributed by atoms with Crippen molar-refractivity contribution in [1.82, 2.24) is 14.9 Å². The van der Waals surface area contributed by atoms with Crippen molar-refractivity contribution in [3.05, 3.63) is 40.5 Å². The summed E-state index contributed by atoms with van der Waals surface area (Å²) in [6.07, 6.45) is -4.44. The van der Waals surface area contributed by atoms with Crippen LogP contribution in [-0.2, 0) is 6.18 Å². The van der Waals surface area contributed by atoms with E-state index in [1.54, 1.807) is 6.07 Å². The number of nitrogens with zero attached hydrogens (tertiary/aromatic N) is 4. The Hall–Kier alpha value is -2.06. The molecule has 0 aliphatic carbocycles. The van der Waals surface area contributed by atoms with Crippen molar-refractivity contribution < 1.29 is 13.2 Å². The summed E-state index contributed by atoms with van der Waals surface area (Å²) in [5, 5.41) is 3.10. The molecule has 27 heavy (non-hydrogen) atoms. The number of nitrogens with one attached hydrogen (secondary N) is 1. The fourth-order valence-corrected chi connectivity index (χ4v) is 3.12. The van der Waals surface area contributed by atoms with E-state index in [1.807, 2.05) is 6.92 Å². The summed E-state index contributed by atoms with van der Waals surface area (Å²) in [5.41, 5.74) is 0.117. The lowest BCUT2D eigenvalue weighted by atomic mass is 10.2. The van der Waals surface area contributed by atoms with E-state index >= 15 is 0 Å². The van der Waals surface area contributed by atoms with Gasteiger partial charge in [-0.25, -0.2) is 4.98 Å². The van der Waals surface area contributed by atoms with Crippen LogP contribution in [0.3, 0.4) is 0 Å². The number of aryl methyl sites for hydroxylation is 1. The maximum Gasteiger partial charge on any atom is 0.416 e. The maximum absolute atomic E-state index is 13.0. The number of halogens is 4. The zero-order valence-electron chi connectivity index (χ0n) is 15.1. The van der Waals surface area contributed by atoms with Crippen LogP contribution in [0, 0.1) is 6.92 Å². The molecule has 0 bridgehead atoms. The van der Waals surface area contributed by atoms with E-state index in [9.17, 15) is 13.2 Å². The summed E-state index contributed by atoms with van der Waals surface area (Å²) >= 11 is 6.07. The van der Waals surface area contributed by atoms with Gasteiger partial charge in [0.15, 0.2) is 0 Å². The minimum absolute atomic E-state index is 0.159. The Balaban J connectivity index is 1.83. The van der Waals surface area contributed by atoms with Gasteiger partial charge < -0.3 is 15.1 Å². The number of alkyl halides is 3. The molecule has 3 rings (SSSR count). The molecular weight excluding hydrogens is 379 g/mol. The van der Waals surface area contributed by atoms with Gasteiger partial charge in [-0.05, 0) is 31.7 Å². The van der Waals surface area contributed by atoms with Crippen molar-refractivity contribution in [1.29, 1.82) is 0 Å². The quantitative estimate of drug-likeness (QED) is 0.828. The summed E-state index contributed by atoms with van der Waals surface area (Å²) in [4.78, 5) is 13.4. The van der Waals surface area contributed by atoms with E-state index in [0.29, 0.717) is 11.8 Å². The lowest BCUT2D eigenvalue weighted by Gasteiger charge is -2.34. The third-order valence-corrected chi connectivity index (χ3v) is 4.83. The first kappa shape index (κ1) is 19.7. The van der Waals surface area contributed by atoms with Gasteiger partial charge in [0, 0.05) is 37.9 Å². The van der Waals surface area contributed by atoms with Gasteiger partial charge in [0.25, 0.3) is 0 Å². The third-order valence-electron chi connectivity index (χ3n) is 4.50. The van der Waals surface area contributed by atoms with E-state index in [0.717, 1.165) is 50.6 Å². The van der Waals surface area contributed by atoms with Gasteiger partial charge in [-0.3, -0.25) is 0 Å². The van der Waals surface area contributed by atoms with Crippen LogP contribution in [-0.4, -0.2) is 47.6 Å². The zero-order chi connectivity index (χ0) is 19.6. The van der Waals surface area contributed by atoms with E-state index < -0.39 is 11.7 Å². The summed E-state index contributed by atoms with van der Waals surface area (Å²) < 4.78 is 38.9. The Morgan fingerprint density at radius 2 is 1.81 bits per heavy atom. The molecule has 0 saturated carbocycles. The summed E-state index contributed by atoms with van der Waals surface area (Å²) in [6, 6.07) is 4.85. The second-order valence-electron chi connectivity index (χ2n) is 6.43. The number of rotatable bonds is 4. The largest absolute Gasteiger partial charge is 0.416 e. The predicted octanol–water partition coefficient (Wildman–Crippen LogP) is 4.34. The topological polar surface area (TPSA) is 44.3 Å². The van der Waals surface area contributed by atoms with Crippen molar-refractivity contribution >= 4 is 29.1 Å². The molecule has 1 N–H and O–H groups in total. The van der Waals surface area contributed by atoms with Gasteiger partial charge in [-0.2, -0.15) is 18.2 Å². The summed E-state index contributed by atoms with van der Waals surface area (Å²) in [7, 11) is 0. The Kier molecular flexibility index (Phi) is 5.76. The van der Waals surface area contributed by atoms with Crippen molar-refractivity contribution in [3.63, 3.8) is 0 Å². The lowest BCUT2D eigenvalue weighted by Crippen LogP contribution is -2.46. The monoisotopic (exact) mass is 399 g/mol. The first-order valence-electron chi connectivity index (χ1n) is 8.73. The number of benzene rings is 1. The number of hydrogen-bond acceptors (Lipinski definition) is 5. The smallest absolute Gasteiger partial charge is 0.339 e. The first-order chi connectivity index (χ1) is 12.8. The van der Waals surface area contributed by atoms with Crippen LogP contribution in [0.15, 0.2) is 24.3 Å². The standard InChI is InChI=1S/C18H21ClF3N5/c1-3-26-6-8-27(9-7-26)17-23-12(2)10-16(25-17)24-15-11-13(18(20,21)22)4-5-14(15)19/h4-5,10-11H,3,6-9H2,1-2H3,(H,23,24,25). The van der Waals surface area contributed by atoms with E-state index in [-0.39, 0.29) is 10.7 Å². The van der Waals surface area contributed by atoms with Gasteiger partial charge in [0.2, 0.25) is 5.95 Å². The molecule has 2 aromatic rings. The zero-order valence-corrected chi connectivity index (χ0v) is 15.9. The predicted molar refractivity (Wildman–Crippen MR) is 101 cm³/mol. The number of hydrogen-bond donors (Lipinski definition) is 1. The molecule has 1 aromatic heterocycles. The molecule has 9 heteroatoms. The van der Waals surface area contributed by atoms with Gasteiger partial charge in [-0.15, -0.1) is 0 Å². The molecule has 1 fully saturated rings. The van der Waals surface area contributed by atoms with Crippen molar-refractivity contribution in [2.45, 2.75) is 20.0 Å². The number of piperazine rings is 1. The minimum atomic E-state index is -4.44.